The lowest BCUT2D eigenvalue weighted by Gasteiger charge is -2.23. The molecule has 1 aliphatic rings. The van der Waals surface area contributed by atoms with Gasteiger partial charge in [-0.25, -0.2) is 0 Å². The number of nitrogens with one attached hydrogen (secondary N) is 1. The molecule has 3 nitrogen and oxygen atoms in total. The van der Waals surface area contributed by atoms with E-state index in [4.69, 9.17) is 10.00 Å². The smallest absolute Gasteiger partial charge is 0.416 e. The minimum atomic E-state index is -4.45. The van der Waals surface area contributed by atoms with Crippen LogP contribution in [0.25, 0.3) is 0 Å². The molecule has 0 bridgehead atoms. The minimum Gasteiger partial charge on any atom is -0.491 e. The van der Waals surface area contributed by atoms with Crippen LogP contribution in [-0.2, 0) is 6.18 Å². The first-order valence-electron chi connectivity index (χ1n) is 6.48. The summed E-state index contributed by atoms with van der Waals surface area (Å²) in [4.78, 5) is 0. The maximum absolute atomic E-state index is 12.6. The molecule has 0 radical (unpaired) electrons. The highest BCUT2D eigenvalue weighted by atomic mass is 19.4. The molecule has 0 aliphatic carbocycles. The van der Waals surface area contributed by atoms with E-state index in [1.54, 1.807) is 6.07 Å². The maximum atomic E-state index is 12.6. The lowest BCUT2D eigenvalue weighted by molar-refractivity contribution is -0.137. The van der Waals surface area contributed by atoms with E-state index >= 15 is 0 Å². The Hall–Kier alpha value is -1.74. The molecule has 1 aromatic carbocycles. The number of benzene rings is 1. The Morgan fingerprint density at radius 3 is 2.75 bits per heavy atom. The van der Waals surface area contributed by atoms with E-state index in [-0.39, 0.29) is 17.4 Å². The number of hydrogen-bond acceptors (Lipinski definition) is 3. The molecule has 0 amide bonds. The van der Waals surface area contributed by atoms with Crippen LogP contribution in [0.3, 0.4) is 0 Å². The van der Waals surface area contributed by atoms with Crippen LogP contribution in [0.4, 0.5) is 13.2 Å². The number of piperidine rings is 1. The van der Waals surface area contributed by atoms with Crippen molar-refractivity contribution in [3.8, 4) is 11.8 Å². The van der Waals surface area contributed by atoms with Gasteiger partial charge in [-0.1, -0.05) is 6.42 Å². The summed E-state index contributed by atoms with van der Waals surface area (Å²) in [6, 6.07) is 4.91. The number of hydrogen-bond donors (Lipinski definition) is 1. The molecule has 1 fully saturated rings. The van der Waals surface area contributed by atoms with E-state index in [0.717, 1.165) is 37.9 Å². The SMILES string of the molecule is N#Cc1cc(C(F)(F)F)ccc1OCC1CCCCN1. The maximum Gasteiger partial charge on any atom is 0.416 e. The predicted octanol–water partition coefficient (Wildman–Crippen LogP) is 3.10. The second-order valence-corrected chi connectivity index (χ2v) is 4.78. The Labute approximate surface area is 115 Å². The first kappa shape index (κ1) is 14.7. The Kier molecular flexibility index (Phi) is 4.50. The van der Waals surface area contributed by atoms with Crippen molar-refractivity contribution in [3.63, 3.8) is 0 Å². The molecule has 0 saturated carbocycles. The zero-order chi connectivity index (χ0) is 14.6. The Morgan fingerprint density at radius 1 is 1.35 bits per heavy atom. The highest BCUT2D eigenvalue weighted by Crippen LogP contribution is 2.32. The van der Waals surface area contributed by atoms with Crippen molar-refractivity contribution >= 4 is 0 Å². The van der Waals surface area contributed by atoms with E-state index in [2.05, 4.69) is 5.32 Å². The molecule has 1 unspecified atom stereocenters. The number of nitriles is 1. The van der Waals surface area contributed by atoms with Crippen LogP contribution >= 0.6 is 0 Å². The molecule has 1 aromatic rings. The summed E-state index contributed by atoms with van der Waals surface area (Å²) < 4.78 is 43.1. The molecule has 6 heteroatoms. The summed E-state index contributed by atoms with van der Waals surface area (Å²) in [5.74, 6) is 0.202. The van der Waals surface area contributed by atoms with Crippen LogP contribution in [0.5, 0.6) is 5.75 Å². The third kappa shape index (κ3) is 3.64. The molecule has 1 saturated heterocycles. The fourth-order valence-corrected chi connectivity index (χ4v) is 2.18. The molecular weight excluding hydrogens is 269 g/mol. The fourth-order valence-electron chi connectivity index (χ4n) is 2.18. The van der Waals surface area contributed by atoms with Gasteiger partial charge in [0.15, 0.2) is 0 Å². The second kappa shape index (κ2) is 6.14. The van der Waals surface area contributed by atoms with Crippen molar-refractivity contribution in [2.24, 2.45) is 0 Å². The standard InChI is InChI=1S/C14H15F3N2O/c15-14(16,17)11-4-5-13(10(7-11)8-18)20-9-12-3-1-2-6-19-12/h4-5,7,12,19H,1-3,6,9H2. The molecule has 1 aliphatic heterocycles. The minimum absolute atomic E-state index is 0.0874. The van der Waals surface area contributed by atoms with Gasteiger partial charge in [-0.15, -0.1) is 0 Å². The average molecular weight is 284 g/mol. The van der Waals surface area contributed by atoms with E-state index < -0.39 is 11.7 Å². The molecule has 20 heavy (non-hydrogen) atoms. The van der Waals surface area contributed by atoms with Crippen molar-refractivity contribution < 1.29 is 17.9 Å². The highest BCUT2D eigenvalue weighted by molar-refractivity contribution is 5.46. The van der Waals surface area contributed by atoms with Crippen molar-refractivity contribution in [1.29, 1.82) is 5.26 Å². The molecule has 0 spiro atoms. The zero-order valence-electron chi connectivity index (χ0n) is 10.8. The lowest BCUT2D eigenvalue weighted by Crippen LogP contribution is -2.38. The van der Waals surface area contributed by atoms with Gasteiger partial charge < -0.3 is 10.1 Å². The van der Waals surface area contributed by atoms with Gasteiger partial charge in [-0.2, -0.15) is 18.4 Å². The van der Waals surface area contributed by atoms with Crippen molar-refractivity contribution in [2.45, 2.75) is 31.5 Å². The van der Waals surface area contributed by atoms with Crippen LogP contribution in [-0.4, -0.2) is 19.2 Å². The summed E-state index contributed by atoms with van der Waals surface area (Å²) in [6.07, 6.45) is -1.24. The monoisotopic (exact) mass is 284 g/mol. The largest absolute Gasteiger partial charge is 0.491 e. The molecular formula is C14H15F3N2O. The zero-order valence-corrected chi connectivity index (χ0v) is 10.8. The molecule has 1 heterocycles. The molecule has 1 N–H and O–H groups in total. The van der Waals surface area contributed by atoms with Gasteiger partial charge in [-0.05, 0) is 37.6 Å². The summed E-state index contributed by atoms with van der Waals surface area (Å²) >= 11 is 0. The van der Waals surface area contributed by atoms with Gasteiger partial charge in [-0.3, -0.25) is 0 Å². The summed E-state index contributed by atoms with van der Waals surface area (Å²) in [5.41, 5.74) is -0.923. The van der Waals surface area contributed by atoms with Gasteiger partial charge in [0.25, 0.3) is 0 Å². The van der Waals surface area contributed by atoms with Crippen LogP contribution in [0.1, 0.15) is 30.4 Å². The second-order valence-electron chi connectivity index (χ2n) is 4.78. The average Bonchev–Trinajstić information content (AvgIpc) is 2.45. The normalized spacial score (nSPS) is 19.4. The molecule has 108 valence electrons. The van der Waals surface area contributed by atoms with E-state index in [9.17, 15) is 13.2 Å². The van der Waals surface area contributed by atoms with Gasteiger partial charge in [0.1, 0.15) is 18.4 Å². The number of alkyl halides is 3. The summed E-state index contributed by atoms with van der Waals surface area (Å²) in [7, 11) is 0. The first-order chi connectivity index (χ1) is 9.50. The third-order valence-corrected chi connectivity index (χ3v) is 3.28. The van der Waals surface area contributed by atoms with Crippen molar-refractivity contribution in [2.75, 3.05) is 13.2 Å². The number of ether oxygens (including phenoxy) is 1. The van der Waals surface area contributed by atoms with E-state index in [1.807, 2.05) is 0 Å². The first-order valence-corrected chi connectivity index (χ1v) is 6.48. The Morgan fingerprint density at radius 2 is 2.15 bits per heavy atom. The van der Waals surface area contributed by atoms with Gasteiger partial charge in [0.05, 0.1) is 11.1 Å². The van der Waals surface area contributed by atoms with Gasteiger partial charge >= 0.3 is 6.18 Å². The molecule has 0 aromatic heterocycles. The quantitative estimate of drug-likeness (QED) is 0.927. The van der Waals surface area contributed by atoms with Crippen molar-refractivity contribution in [3.05, 3.63) is 29.3 Å². The van der Waals surface area contributed by atoms with E-state index in [1.165, 1.54) is 6.07 Å². The van der Waals surface area contributed by atoms with Crippen molar-refractivity contribution in [1.82, 2.24) is 5.32 Å². The lowest BCUT2D eigenvalue weighted by atomic mass is 10.1. The van der Waals surface area contributed by atoms with Gasteiger partial charge in [0, 0.05) is 6.04 Å². The van der Waals surface area contributed by atoms with Crippen LogP contribution in [0.15, 0.2) is 18.2 Å². The number of nitrogens with zero attached hydrogens (tertiary/aromatic N) is 1. The third-order valence-electron chi connectivity index (χ3n) is 3.28. The predicted molar refractivity (Wildman–Crippen MR) is 67.3 cm³/mol. The van der Waals surface area contributed by atoms with Crippen LogP contribution in [0, 0.1) is 11.3 Å². The number of rotatable bonds is 3. The number of halogens is 3. The van der Waals surface area contributed by atoms with Crippen LogP contribution < -0.4 is 10.1 Å². The van der Waals surface area contributed by atoms with Crippen LogP contribution in [0.2, 0.25) is 0 Å². The topological polar surface area (TPSA) is 45.0 Å². The van der Waals surface area contributed by atoms with Gasteiger partial charge in [0.2, 0.25) is 0 Å². The Bertz CT molecular complexity index is 502. The Balaban J connectivity index is 2.06. The molecule has 1 atom stereocenters. The summed E-state index contributed by atoms with van der Waals surface area (Å²) in [5, 5.41) is 12.2. The van der Waals surface area contributed by atoms with E-state index in [0.29, 0.717) is 6.61 Å². The molecule has 2 rings (SSSR count). The summed E-state index contributed by atoms with van der Waals surface area (Å²) in [6.45, 7) is 1.28. The highest BCUT2D eigenvalue weighted by Gasteiger charge is 2.31. The fraction of sp³-hybridized carbons (Fsp3) is 0.500.